The number of hydrogen-bond donors (Lipinski definition) is 0. The van der Waals surface area contributed by atoms with Crippen LogP contribution in [0.15, 0.2) is 24.7 Å². The Labute approximate surface area is 129 Å². The summed E-state index contributed by atoms with van der Waals surface area (Å²) in [6.07, 6.45) is 4.87. The van der Waals surface area contributed by atoms with E-state index in [9.17, 15) is 4.79 Å². The summed E-state index contributed by atoms with van der Waals surface area (Å²) < 4.78 is 13.5. The van der Waals surface area contributed by atoms with Crippen LogP contribution in [-0.4, -0.2) is 33.0 Å². The first kappa shape index (κ1) is 14.6. The molecule has 1 unspecified atom stereocenters. The van der Waals surface area contributed by atoms with E-state index in [0.717, 1.165) is 17.9 Å². The first-order valence-corrected chi connectivity index (χ1v) is 7.37. The van der Waals surface area contributed by atoms with Crippen LogP contribution in [0.3, 0.4) is 0 Å². The molecule has 116 valence electrons. The summed E-state index contributed by atoms with van der Waals surface area (Å²) in [5.41, 5.74) is 0.832. The molecule has 1 aliphatic heterocycles. The lowest BCUT2D eigenvalue weighted by molar-refractivity contribution is -0.125. The van der Waals surface area contributed by atoms with Crippen molar-refractivity contribution >= 4 is 5.78 Å². The van der Waals surface area contributed by atoms with Crippen LogP contribution in [0.25, 0.3) is 11.4 Å². The first-order chi connectivity index (χ1) is 10.6. The van der Waals surface area contributed by atoms with Crippen LogP contribution < -0.4 is 9.47 Å². The van der Waals surface area contributed by atoms with Crippen molar-refractivity contribution in [1.82, 2.24) is 14.5 Å². The van der Waals surface area contributed by atoms with Gasteiger partial charge in [0.15, 0.2) is 11.9 Å². The molecule has 2 aromatic heterocycles. The number of carbonyl (C=O) groups excluding carboxylic acids is 1. The van der Waals surface area contributed by atoms with Crippen LogP contribution >= 0.6 is 0 Å². The number of imidazole rings is 1. The normalized spacial score (nSPS) is 14.5. The molecule has 0 spiro atoms. The van der Waals surface area contributed by atoms with E-state index in [4.69, 9.17) is 9.47 Å². The van der Waals surface area contributed by atoms with Crippen molar-refractivity contribution in [2.45, 2.75) is 33.4 Å². The van der Waals surface area contributed by atoms with Crippen LogP contribution in [0.4, 0.5) is 0 Å². The third-order valence-electron chi connectivity index (χ3n) is 3.64. The lowest BCUT2D eigenvalue weighted by atomic mass is 10.0. The van der Waals surface area contributed by atoms with E-state index >= 15 is 0 Å². The second kappa shape index (κ2) is 5.79. The van der Waals surface area contributed by atoms with Crippen LogP contribution in [0.5, 0.6) is 11.6 Å². The van der Waals surface area contributed by atoms with Gasteiger partial charge in [0.1, 0.15) is 18.2 Å². The SMILES string of the molecule is CC(=O)C(Oc1cc2c(cn1)-c1nccn1CCO2)C(C)C. The maximum Gasteiger partial charge on any atom is 0.217 e. The lowest BCUT2D eigenvalue weighted by Gasteiger charge is -2.19. The second-order valence-corrected chi connectivity index (χ2v) is 5.70. The average Bonchev–Trinajstić information content (AvgIpc) is 2.86. The average molecular weight is 301 g/mol. The largest absolute Gasteiger partial charge is 0.491 e. The fraction of sp³-hybridized carbons (Fsp3) is 0.438. The smallest absolute Gasteiger partial charge is 0.217 e. The van der Waals surface area contributed by atoms with Gasteiger partial charge in [0.25, 0.3) is 0 Å². The van der Waals surface area contributed by atoms with Crippen LogP contribution in [0.1, 0.15) is 20.8 Å². The molecule has 6 heteroatoms. The Morgan fingerprint density at radius 2 is 2.23 bits per heavy atom. The third-order valence-corrected chi connectivity index (χ3v) is 3.64. The molecule has 0 radical (unpaired) electrons. The zero-order valence-electron chi connectivity index (χ0n) is 12.9. The van der Waals surface area contributed by atoms with E-state index in [1.165, 1.54) is 6.92 Å². The highest BCUT2D eigenvalue weighted by Crippen LogP contribution is 2.33. The van der Waals surface area contributed by atoms with E-state index in [1.807, 2.05) is 24.6 Å². The van der Waals surface area contributed by atoms with Gasteiger partial charge in [-0.2, -0.15) is 0 Å². The van der Waals surface area contributed by atoms with Gasteiger partial charge in [0.05, 0.1) is 12.1 Å². The third kappa shape index (κ3) is 2.68. The van der Waals surface area contributed by atoms with Crippen molar-refractivity contribution in [2.24, 2.45) is 5.92 Å². The molecule has 0 fully saturated rings. The summed E-state index contributed by atoms with van der Waals surface area (Å²) in [4.78, 5) is 20.3. The number of aromatic nitrogens is 3. The molecule has 6 nitrogen and oxygen atoms in total. The molecule has 2 aromatic rings. The molecular weight excluding hydrogens is 282 g/mol. The van der Waals surface area contributed by atoms with Gasteiger partial charge < -0.3 is 14.0 Å². The van der Waals surface area contributed by atoms with Gasteiger partial charge in [0.2, 0.25) is 5.88 Å². The van der Waals surface area contributed by atoms with E-state index in [2.05, 4.69) is 9.97 Å². The molecule has 22 heavy (non-hydrogen) atoms. The van der Waals surface area contributed by atoms with Crippen molar-refractivity contribution < 1.29 is 14.3 Å². The van der Waals surface area contributed by atoms with E-state index in [-0.39, 0.29) is 11.7 Å². The molecular formula is C16H19N3O3. The molecule has 0 saturated carbocycles. The molecule has 0 N–H and O–H groups in total. The number of nitrogens with zero attached hydrogens (tertiary/aromatic N) is 3. The zero-order chi connectivity index (χ0) is 15.7. The van der Waals surface area contributed by atoms with Gasteiger partial charge >= 0.3 is 0 Å². The Hall–Kier alpha value is -2.37. The fourth-order valence-corrected chi connectivity index (χ4v) is 2.58. The van der Waals surface area contributed by atoms with E-state index in [0.29, 0.717) is 18.2 Å². The predicted octanol–water partition coefficient (Wildman–Crippen LogP) is 2.33. The molecule has 0 bridgehead atoms. The molecule has 3 heterocycles. The van der Waals surface area contributed by atoms with Gasteiger partial charge in [-0.1, -0.05) is 13.8 Å². The van der Waals surface area contributed by atoms with Crippen LogP contribution in [-0.2, 0) is 11.3 Å². The second-order valence-electron chi connectivity index (χ2n) is 5.70. The molecule has 0 aromatic carbocycles. The molecule has 0 amide bonds. The number of Topliss-reactive ketones (excluding diaryl/α,β-unsaturated/α-hetero) is 1. The highest BCUT2D eigenvalue weighted by molar-refractivity contribution is 5.81. The number of carbonyl (C=O) groups is 1. The molecule has 3 rings (SSSR count). The highest BCUT2D eigenvalue weighted by Gasteiger charge is 2.23. The summed E-state index contributed by atoms with van der Waals surface area (Å²) in [5.74, 6) is 1.98. The quantitative estimate of drug-likeness (QED) is 0.867. The number of rotatable bonds is 4. The highest BCUT2D eigenvalue weighted by atomic mass is 16.5. The van der Waals surface area contributed by atoms with Gasteiger partial charge in [-0.3, -0.25) is 4.79 Å². The Morgan fingerprint density at radius 1 is 1.41 bits per heavy atom. The number of hydrogen-bond acceptors (Lipinski definition) is 5. The predicted molar refractivity (Wildman–Crippen MR) is 80.9 cm³/mol. The summed E-state index contributed by atoms with van der Waals surface area (Å²) >= 11 is 0. The minimum Gasteiger partial charge on any atom is -0.491 e. The van der Waals surface area contributed by atoms with Crippen LogP contribution in [0, 0.1) is 5.92 Å². The number of fused-ring (bicyclic) bond motifs is 3. The van der Waals surface area contributed by atoms with Crippen molar-refractivity contribution in [2.75, 3.05) is 6.61 Å². The van der Waals surface area contributed by atoms with Crippen molar-refractivity contribution in [1.29, 1.82) is 0 Å². The minimum absolute atomic E-state index is 0.0109. The summed E-state index contributed by atoms with van der Waals surface area (Å²) in [5, 5.41) is 0. The summed E-state index contributed by atoms with van der Waals surface area (Å²) in [6.45, 7) is 6.72. The van der Waals surface area contributed by atoms with Gasteiger partial charge in [-0.05, 0) is 12.8 Å². The van der Waals surface area contributed by atoms with Crippen LogP contribution in [0.2, 0.25) is 0 Å². The topological polar surface area (TPSA) is 66.2 Å². The fourth-order valence-electron chi connectivity index (χ4n) is 2.58. The Balaban J connectivity index is 1.92. The van der Waals surface area contributed by atoms with Gasteiger partial charge in [-0.25, -0.2) is 9.97 Å². The standard InChI is InChI=1S/C16H19N3O3/c1-10(2)15(11(3)20)22-14-8-13-12(9-18-14)16-17-4-5-19(16)6-7-21-13/h4-5,8-10,15H,6-7H2,1-3H3. The Morgan fingerprint density at radius 3 is 2.95 bits per heavy atom. The lowest BCUT2D eigenvalue weighted by Crippen LogP contribution is -2.30. The maximum absolute atomic E-state index is 11.7. The Bertz CT molecular complexity index is 694. The van der Waals surface area contributed by atoms with Gasteiger partial charge in [0, 0.05) is 24.7 Å². The zero-order valence-corrected chi connectivity index (χ0v) is 12.9. The summed E-state index contributed by atoms with van der Waals surface area (Å²) in [7, 11) is 0. The van der Waals surface area contributed by atoms with E-state index < -0.39 is 6.10 Å². The number of ketones is 1. The van der Waals surface area contributed by atoms with Gasteiger partial charge in [-0.15, -0.1) is 0 Å². The van der Waals surface area contributed by atoms with Crippen molar-refractivity contribution in [3.05, 3.63) is 24.7 Å². The Kier molecular flexibility index (Phi) is 3.83. The number of pyridine rings is 1. The first-order valence-electron chi connectivity index (χ1n) is 7.37. The monoisotopic (exact) mass is 301 g/mol. The molecule has 1 aliphatic rings. The maximum atomic E-state index is 11.7. The molecule has 1 atom stereocenters. The summed E-state index contributed by atoms with van der Waals surface area (Å²) in [6, 6.07) is 1.73. The van der Waals surface area contributed by atoms with E-state index in [1.54, 1.807) is 18.5 Å². The minimum atomic E-state index is -0.502. The molecule has 0 aliphatic carbocycles. The number of ether oxygens (including phenoxy) is 2. The van der Waals surface area contributed by atoms with Crippen molar-refractivity contribution in [3.63, 3.8) is 0 Å². The molecule has 0 saturated heterocycles. The van der Waals surface area contributed by atoms with Crippen molar-refractivity contribution in [3.8, 4) is 23.0 Å².